The van der Waals surface area contributed by atoms with Crippen molar-refractivity contribution in [3.05, 3.63) is 24.3 Å². The fourth-order valence-electron chi connectivity index (χ4n) is 8.59. The van der Waals surface area contributed by atoms with Crippen molar-refractivity contribution in [1.82, 2.24) is 0 Å². The molecule has 0 saturated carbocycles. The summed E-state index contributed by atoms with van der Waals surface area (Å²) in [6.45, 7) is 6.59. The Balaban J connectivity index is 4.05. The van der Waals surface area contributed by atoms with Crippen molar-refractivity contribution in [3.63, 3.8) is 0 Å². The summed E-state index contributed by atoms with van der Waals surface area (Å²) in [4.78, 5) is 37.8. The molecule has 0 aromatic heterocycles. The van der Waals surface area contributed by atoms with Crippen LogP contribution in [0.15, 0.2) is 24.3 Å². The topological polar surface area (TPSA) is 78.9 Å². The Kier molecular flexibility index (Phi) is 52.7. The maximum Gasteiger partial charge on any atom is 0.306 e. The highest BCUT2D eigenvalue weighted by atomic mass is 16.6. The normalized spacial score (nSPS) is 12.1. The van der Waals surface area contributed by atoms with Crippen LogP contribution in [0.1, 0.15) is 316 Å². The summed E-state index contributed by atoms with van der Waals surface area (Å²) in [5.74, 6) is -0.865. The Morgan fingerprint density at radius 1 is 0.308 bits per heavy atom. The summed E-state index contributed by atoms with van der Waals surface area (Å²) in [7, 11) is 0. The third kappa shape index (κ3) is 52.7. The maximum atomic E-state index is 12.8. The minimum Gasteiger partial charge on any atom is -0.462 e. The molecule has 0 spiro atoms. The second kappa shape index (κ2) is 54.5. The molecule has 0 aliphatic heterocycles. The molecular weight excluding hydrogens is 805 g/mol. The Morgan fingerprint density at radius 3 is 0.846 bits per heavy atom. The Labute approximate surface area is 404 Å². The van der Waals surface area contributed by atoms with Crippen LogP contribution in [0.3, 0.4) is 0 Å². The molecule has 6 nitrogen and oxygen atoms in total. The van der Waals surface area contributed by atoms with Crippen molar-refractivity contribution in [2.24, 2.45) is 0 Å². The van der Waals surface area contributed by atoms with Gasteiger partial charge in [0, 0.05) is 19.3 Å². The van der Waals surface area contributed by atoms with Gasteiger partial charge >= 0.3 is 17.9 Å². The lowest BCUT2D eigenvalue weighted by Crippen LogP contribution is -2.30. The quantitative estimate of drug-likeness (QED) is 0.0262. The first-order valence-electron chi connectivity index (χ1n) is 28.8. The minimum atomic E-state index is -0.764. The van der Waals surface area contributed by atoms with Crippen LogP contribution in [0.4, 0.5) is 0 Å². The number of hydrogen-bond acceptors (Lipinski definition) is 6. The van der Waals surface area contributed by atoms with Gasteiger partial charge < -0.3 is 14.2 Å². The Hall–Kier alpha value is -2.11. The molecule has 6 heteroatoms. The number of carbonyl (C=O) groups is 3. The van der Waals surface area contributed by atoms with Gasteiger partial charge in [-0.05, 0) is 51.4 Å². The van der Waals surface area contributed by atoms with E-state index >= 15 is 0 Å². The maximum absolute atomic E-state index is 12.8. The van der Waals surface area contributed by atoms with Crippen molar-refractivity contribution in [2.45, 2.75) is 322 Å². The first kappa shape index (κ1) is 62.9. The monoisotopic (exact) mass is 915 g/mol. The van der Waals surface area contributed by atoms with Gasteiger partial charge in [-0.25, -0.2) is 0 Å². The van der Waals surface area contributed by atoms with Gasteiger partial charge in [-0.2, -0.15) is 0 Å². The van der Waals surface area contributed by atoms with Gasteiger partial charge in [0.1, 0.15) is 13.2 Å². The van der Waals surface area contributed by atoms with Crippen LogP contribution in [0, 0.1) is 0 Å². The van der Waals surface area contributed by atoms with Crippen molar-refractivity contribution in [3.8, 4) is 0 Å². The summed E-state index contributed by atoms with van der Waals surface area (Å²) in [5, 5.41) is 0. The van der Waals surface area contributed by atoms with Crippen LogP contribution in [0.25, 0.3) is 0 Å². The average molecular weight is 916 g/mol. The molecule has 0 radical (unpaired) electrons. The van der Waals surface area contributed by atoms with Crippen LogP contribution in [-0.4, -0.2) is 37.2 Å². The van der Waals surface area contributed by atoms with Crippen molar-refractivity contribution < 1.29 is 28.6 Å². The molecule has 0 aliphatic rings. The number of unbranched alkanes of at least 4 members (excludes halogenated alkanes) is 38. The van der Waals surface area contributed by atoms with E-state index in [1.165, 1.54) is 205 Å². The van der Waals surface area contributed by atoms with Gasteiger partial charge in [0.05, 0.1) is 0 Å². The van der Waals surface area contributed by atoms with E-state index in [0.717, 1.165) is 70.6 Å². The summed E-state index contributed by atoms with van der Waals surface area (Å²) < 4.78 is 16.7. The average Bonchev–Trinajstić information content (AvgIpc) is 3.30. The third-order valence-electron chi connectivity index (χ3n) is 13.0. The molecule has 0 amide bonds. The highest BCUT2D eigenvalue weighted by Gasteiger charge is 2.19. The van der Waals surface area contributed by atoms with E-state index in [4.69, 9.17) is 14.2 Å². The van der Waals surface area contributed by atoms with Gasteiger partial charge in [-0.1, -0.05) is 270 Å². The zero-order valence-electron chi connectivity index (χ0n) is 43.8. The van der Waals surface area contributed by atoms with Crippen LogP contribution >= 0.6 is 0 Å². The van der Waals surface area contributed by atoms with Crippen molar-refractivity contribution in [2.75, 3.05) is 13.2 Å². The second-order valence-corrected chi connectivity index (χ2v) is 19.6. The van der Waals surface area contributed by atoms with Gasteiger partial charge in [0.25, 0.3) is 0 Å². The standard InChI is InChI=1S/C59H110O6/c1-4-7-10-13-15-17-19-21-23-25-27-28-29-30-32-33-35-37-39-41-43-46-49-52-58(61)64-55-56(54-63-57(60)51-48-45-12-9-6-3)65-59(62)53-50-47-44-42-40-38-36-34-31-26-24-22-20-18-16-14-11-8-5-2/h19,21,25,27,56H,4-18,20,22-24,26,28-55H2,1-3H3/b21-19-,27-25-. The summed E-state index contributed by atoms with van der Waals surface area (Å²) in [5.41, 5.74) is 0. The van der Waals surface area contributed by atoms with Crippen LogP contribution in [0.5, 0.6) is 0 Å². The van der Waals surface area contributed by atoms with E-state index < -0.39 is 6.10 Å². The highest BCUT2D eigenvalue weighted by molar-refractivity contribution is 5.71. The summed E-state index contributed by atoms with van der Waals surface area (Å²) in [6, 6.07) is 0. The first-order chi connectivity index (χ1) is 32.0. The molecule has 0 saturated heterocycles. The molecule has 0 heterocycles. The predicted octanol–water partition coefficient (Wildman–Crippen LogP) is 19.1. The van der Waals surface area contributed by atoms with E-state index in [-0.39, 0.29) is 31.1 Å². The minimum absolute atomic E-state index is 0.0683. The van der Waals surface area contributed by atoms with Crippen LogP contribution in [-0.2, 0) is 28.6 Å². The van der Waals surface area contributed by atoms with Gasteiger partial charge in [0.2, 0.25) is 0 Å². The van der Waals surface area contributed by atoms with Gasteiger partial charge in [0.15, 0.2) is 6.10 Å². The molecule has 1 atom stereocenters. The fourth-order valence-corrected chi connectivity index (χ4v) is 8.59. The highest BCUT2D eigenvalue weighted by Crippen LogP contribution is 2.17. The molecule has 0 rings (SSSR count). The smallest absolute Gasteiger partial charge is 0.306 e. The number of carbonyl (C=O) groups excluding carboxylic acids is 3. The van der Waals surface area contributed by atoms with E-state index in [1.54, 1.807) is 0 Å². The molecule has 0 bridgehead atoms. The Morgan fingerprint density at radius 2 is 0.554 bits per heavy atom. The fraction of sp³-hybridized carbons (Fsp3) is 0.881. The number of ether oxygens (including phenoxy) is 3. The summed E-state index contributed by atoms with van der Waals surface area (Å²) >= 11 is 0. The number of hydrogen-bond donors (Lipinski definition) is 0. The predicted molar refractivity (Wildman–Crippen MR) is 279 cm³/mol. The molecule has 0 fully saturated rings. The number of esters is 3. The molecular formula is C59H110O6. The Bertz CT molecular complexity index is 1050. The van der Waals surface area contributed by atoms with E-state index in [2.05, 4.69) is 45.1 Å². The van der Waals surface area contributed by atoms with Crippen molar-refractivity contribution >= 4 is 17.9 Å². The van der Waals surface area contributed by atoms with Crippen LogP contribution < -0.4 is 0 Å². The number of rotatable bonds is 53. The third-order valence-corrected chi connectivity index (χ3v) is 13.0. The first-order valence-corrected chi connectivity index (χ1v) is 28.8. The molecule has 1 unspecified atom stereocenters. The van der Waals surface area contributed by atoms with E-state index in [9.17, 15) is 14.4 Å². The number of allylic oxidation sites excluding steroid dienone is 4. The molecule has 65 heavy (non-hydrogen) atoms. The lowest BCUT2D eigenvalue weighted by molar-refractivity contribution is -0.167. The van der Waals surface area contributed by atoms with E-state index in [1.807, 2.05) is 0 Å². The second-order valence-electron chi connectivity index (χ2n) is 19.6. The van der Waals surface area contributed by atoms with Gasteiger partial charge in [-0.3, -0.25) is 14.4 Å². The SMILES string of the molecule is CCCCCCC/C=C\C/C=C\CCCCCCCCCCCCCC(=O)OCC(COC(=O)CCCCCCC)OC(=O)CCCCCCCCCCCCCCCCCCCCC. The molecule has 0 N–H and O–H groups in total. The largest absolute Gasteiger partial charge is 0.462 e. The lowest BCUT2D eigenvalue weighted by Gasteiger charge is -2.18. The van der Waals surface area contributed by atoms with Crippen molar-refractivity contribution in [1.29, 1.82) is 0 Å². The molecule has 0 aliphatic carbocycles. The molecule has 0 aromatic rings. The van der Waals surface area contributed by atoms with Crippen LogP contribution in [0.2, 0.25) is 0 Å². The van der Waals surface area contributed by atoms with Gasteiger partial charge in [-0.15, -0.1) is 0 Å². The van der Waals surface area contributed by atoms with E-state index in [0.29, 0.717) is 19.3 Å². The zero-order chi connectivity index (χ0) is 47.2. The lowest BCUT2D eigenvalue weighted by atomic mass is 10.0. The summed E-state index contributed by atoms with van der Waals surface area (Å²) in [6.07, 6.45) is 63.6. The zero-order valence-corrected chi connectivity index (χ0v) is 43.8. The molecule has 0 aromatic carbocycles. The molecule has 382 valence electrons.